The summed E-state index contributed by atoms with van der Waals surface area (Å²) >= 11 is 0. The number of nitrogens with zero attached hydrogens (tertiary/aromatic N) is 5. The normalized spacial score (nSPS) is 15.7. The van der Waals surface area contributed by atoms with Gasteiger partial charge < -0.3 is 15.4 Å². The Hall–Kier alpha value is -3.84. The summed E-state index contributed by atoms with van der Waals surface area (Å²) in [6, 6.07) is 8.88. The first-order valence-corrected chi connectivity index (χ1v) is 11.2. The highest BCUT2D eigenvalue weighted by atomic mass is 16.5. The van der Waals surface area contributed by atoms with Crippen LogP contribution in [0.3, 0.4) is 0 Å². The smallest absolute Gasteiger partial charge is 0.332 e. The maximum absolute atomic E-state index is 13.5. The van der Waals surface area contributed by atoms with Crippen LogP contribution in [0.5, 0.6) is 5.75 Å². The van der Waals surface area contributed by atoms with Gasteiger partial charge in [-0.1, -0.05) is 24.1 Å². The molecule has 1 unspecified atom stereocenters. The zero-order valence-electron chi connectivity index (χ0n) is 19.4. The molecule has 0 amide bonds. The van der Waals surface area contributed by atoms with Gasteiger partial charge >= 0.3 is 5.69 Å². The Balaban J connectivity index is 1.73. The summed E-state index contributed by atoms with van der Waals surface area (Å²) < 4.78 is 9.42. The van der Waals surface area contributed by atoms with E-state index in [9.17, 15) is 14.4 Å². The third-order valence-corrected chi connectivity index (χ3v) is 5.84. The molecule has 2 aromatic heterocycles. The number of carbonyl (C=O) groups is 1. The van der Waals surface area contributed by atoms with Gasteiger partial charge in [0.2, 0.25) is 5.95 Å². The van der Waals surface area contributed by atoms with Crippen LogP contribution in [0.4, 0.5) is 5.95 Å². The lowest BCUT2D eigenvalue weighted by Gasteiger charge is -2.31. The molecule has 1 saturated heterocycles. The van der Waals surface area contributed by atoms with Crippen LogP contribution in [0.2, 0.25) is 0 Å². The van der Waals surface area contributed by atoms with Crippen molar-refractivity contribution in [2.75, 3.05) is 24.6 Å². The van der Waals surface area contributed by atoms with Gasteiger partial charge in [0.25, 0.3) is 5.56 Å². The summed E-state index contributed by atoms with van der Waals surface area (Å²) in [5.41, 5.74) is 5.46. The molecule has 1 atom stereocenters. The zero-order valence-corrected chi connectivity index (χ0v) is 19.4. The number of para-hydroxylation sites is 1. The second kappa shape index (κ2) is 9.97. The zero-order chi connectivity index (χ0) is 24.2. The number of imidazole rings is 1. The number of hydrogen-bond acceptors (Lipinski definition) is 7. The minimum Gasteiger partial charge on any atom is -0.486 e. The molecular formula is C24H28N6O4. The van der Waals surface area contributed by atoms with Gasteiger partial charge in [0.1, 0.15) is 12.4 Å². The van der Waals surface area contributed by atoms with E-state index in [4.69, 9.17) is 10.5 Å². The average molecular weight is 465 g/mol. The molecule has 0 aliphatic carbocycles. The summed E-state index contributed by atoms with van der Waals surface area (Å²) in [6.45, 7) is 2.63. The number of ketones is 1. The number of rotatable bonds is 7. The van der Waals surface area contributed by atoms with Crippen LogP contribution in [0, 0.1) is 11.8 Å². The number of anilines is 1. The topological polar surface area (TPSA) is 117 Å². The maximum atomic E-state index is 13.5. The van der Waals surface area contributed by atoms with Crippen LogP contribution in [-0.4, -0.2) is 50.2 Å². The number of Topliss-reactive ketones (excluding diaryl/α,β-unsaturated/α-hetero) is 1. The quantitative estimate of drug-likeness (QED) is 0.506. The van der Waals surface area contributed by atoms with E-state index in [1.807, 2.05) is 11.0 Å². The van der Waals surface area contributed by atoms with Crippen molar-refractivity contribution in [2.24, 2.45) is 12.8 Å². The summed E-state index contributed by atoms with van der Waals surface area (Å²) in [7, 11) is 1.54. The molecule has 0 radical (unpaired) electrons. The number of ether oxygens (including phenoxy) is 1. The number of aryl methyl sites for hydroxylation is 1. The SMILES string of the molecule is CC#CCn1c(N2CCCC(N)C2)nc2c1c(=O)n(CC(=O)COc1ccccc1)c(=O)n2C. The number of aromatic nitrogens is 4. The Labute approximate surface area is 196 Å². The van der Waals surface area contributed by atoms with E-state index in [1.54, 1.807) is 42.8 Å². The van der Waals surface area contributed by atoms with Crippen LogP contribution < -0.4 is 26.6 Å². The summed E-state index contributed by atoms with van der Waals surface area (Å²) in [5, 5.41) is 0. The van der Waals surface area contributed by atoms with E-state index >= 15 is 0 Å². The number of hydrogen-bond donors (Lipinski definition) is 1. The first-order chi connectivity index (χ1) is 16.4. The largest absolute Gasteiger partial charge is 0.486 e. The van der Waals surface area contributed by atoms with Crippen LogP contribution in [0.15, 0.2) is 39.9 Å². The number of piperidine rings is 1. The lowest BCUT2D eigenvalue weighted by molar-refractivity contribution is -0.121. The maximum Gasteiger partial charge on any atom is 0.332 e. The Morgan fingerprint density at radius 1 is 1.24 bits per heavy atom. The van der Waals surface area contributed by atoms with E-state index in [1.165, 1.54) is 4.57 Å². The fourth-order valence-electron chi connectivity index (χ4n) is 4.14. The third-order valence-electron chi connectivity index (χ3n) is 5.84. The fraction of sp³-hybridized carbons (Fsp3) is 0.417. The average Bonchev–Trinajstić information content (AvgIpc) is 3.23. The Morgan fingerprint density at radius 3 is 2.71 bits per heavy atom. The third kappa shape index (κ3) is 4.61. The van der Waals surface area contributed by atoms with Crippen LogP contribution in [-0.2, 0) is 24.9 Å². The highest BCUT2D eigenvalue weighted by molar-refractivity contribution is 5.80. The van der Waals surface area contributed by atoms with Gasteiger partial charge in [0.15, 0.2) is 16.9 Å². The highest BCUT2D eigenvalue weighted by Crippen LogP contribution is 2.22. The summed E-state index contributed by atoms with van der Waals surface area (Å²) in [5.74, 6) is 6.52. The van der Waals surface area contributed by atoms with Crippen molar-refractivity contribution in [3.63, 3.8) is 0 Å². The van der Waals surface area contributed by atoms with Crippen molar-refractivity contribution in [1.29, 1.82) is 0 Å². The second-order valence-electron chi connectivity index (χ2n) is 8.32. The molecule has 1 aliphatic heterocycles. The van der Waals surface area contributed by atoms with Crippen molar-refractivity contribution in [3.8, 4) is 17.6 Å². The van der Waals surface area contributed by atoms with Crippen molar-refractivity contribution in [2.45, 2.75) is 38.9 Å². The molecule has 1 fully saturated rings. The Bertz CT molecular complexity index is 1380. The molecule has 3 heterocycles. The van der Waals surface area contributed by atoms with Gasteiger partial charge in [-0.15, -0.1) is 5.92 Å². The van der Waals surface area contributed by atoms with E-state index in [-0.39, 0.29) is 30.4 Å². The molecule has 2 N–H and O–H groups in total. The highest BCUT2D eigenvalue weighted by Gasteiger charge is 2.26. The minimum atomic E-state index is -0.612. The molecule has 10 nitrogen and oxygen atoms in total. The monoisotopic (exact) mass is 464 g/mol. The van der Waals surface area contributed by atoms with Gasteiger partial charge in [0.05, 0.1) is 13.1 Å². The fourth-order valence-corrected chi connectivity index (χ4v) is 4.14. The molecule has 10 heteroatoms. The van der Waals surface area contributed by atoms with Gasteiger partial charge in [-0.25, -0.2) is 4.79 Å². The summed E-state index contributed by atoms with van der Waals surface area (Å²) in [6.07, 6.45) is 1.83. The molecular weight excluding hydrogens is 436 g/mol. The molecule has 3 aromatic rings. The number of benzene rings is 1. The predicted octanol–water partition coefficient (Wildman–Crippen LogP) is 0.496. The first kappa shape index (κ1) is 23.3. The van der Waals surface area contributed by atoms with Crippen molar-refractivity contribution in [3.05, 3.63) is 51.2 Å². The van der Waals surface area contributed by atoms with E-state index in [0.717, 1.165) is 24.0 Å². The molecule has 1 aliphatic rings. The number of carbonyl (C=O) groups excluding carboxylic acids is 1. The van der Waals surface area contributed by atoms with Gasteiger partial charge in [0, 0.05) is 26.2 Å². The van der Waals surface area contributed by atoms with E-state index in [0.29, 0.717) is 18.2 Å². The summed E-state index contributed by atoms with van der Waals surface area (Å²) in [4.78, 5) is 45.7. The molecule has 0 spiro atoms. The lowest BCUT2D eigenvalue weighted by Crippen LogP contribution is -2.44. The van der Waals surface area contributed by atoms with E-state index in [2.05, 4.69) is 16.8 Å². The molecule has 0 saturated carbocycles. The van der Waals surface area contributed by atoms with Crippen molar-refractivity contribution < 1.29 is 9.53 Å². The van der Waals surface area contributed by atoms with Crippen molar-refractivity contribution in [1.82, 2.24) is 18.7 Å². The molecule has 178 valence electrons. The van der Waals surface area contributed by atoms with Gasteiger partial charge in [-0.05, 0) is 31.9 Å². The number of nitrogens with two attached hydrogens (primary N) is 1. The standard InChI is InChI=1S/C24H28N6O4/c1-3-4-13-29-20-21(26-23(29)28-12-8-9-17(25)14-28)27(2)24(33)30(22(20)32)15-18(31)16-34-19-10-6-5-7-11-19/h5-7,10-11,17H,8-9,12-16,25H2,1-2H3. The van der Waals surface area contributed by atoms with Crippen LogP contribution in [0.1, 0.15) is 19.8 Å². The predicted molar refractivity (Wildman–Crippen MR) is 129 cm³/mol. The second-order valence-corrected chi connectivity index (χ2v) is 8.32. The lowest BCUT2D eigenvalue weighted by atomic mass is 10.1. The molecule has 1 aromatic carbocycles. The molecule has 0 bridgehead atoms. The Morgan fingerprint density at radius 2 is 2.00 bits per heavy atom. The Kier molecular flexibility index (Phi) is 6.84. The molecule has 34 heavy (non-hydrogen) atoms. The first-order valence-electron chi connectivity index (χ1n) is 11.2. The van der Waals surface area contributed by atoms with Crippen LogP contribution in [0.25, 0.3) is 11.2 Å². The van der Waals surface area contributed by atoms with Gasteiger partial charge in [-0.3, -0.25) is 23.3 Å². The van der Waals surface area contributed by atoms with Crippen molar-refractivity contribution >= 4 is 22.9 Å². The van der Waals surface area contributed by atoms with E-state index < -0.39 is 23.6 Å². The van der Waals surface area contributed by atoms with Gasteiger partial charge in [-0.2, -0.15) is 4.98 Å². The van der Waals surface area contributed by atoms with Crippen LogP contribution >= 0.6 is 0 Å². The number of fused-ring (bicyclic) bond motifs is 1. The molecule has 4 rings (SSSR count). The minimum absolute atomic E-state index is 0.00184.